The van der Waals surface area contributed by atoms with Crippen LogP contribution in [-0.2, 0) is 20.9 Å². The molecular formula is C28H32N2O4. The number of aliphatic hydroxyl groups excluding tert-OH is 1. The Balaban J connectivity index is 1.23. The summed E-state index contributed by atoms with van der Waals surface area (Å²) < 4.78 is 6.03. The van der Waals surface area contributed by atoms with Gasteiger partial charge in [0, 0.05) is 12.1 Å². The Morgan fingerprint density at radius 2 is 1.76 bits per heavy atom. The van der Waals surface area contributed by atoms with Gasteiger partial charge >= 0.3 is 0 Å². The summed E-state index contributed by atoms with van der Waals surface area (Å²) in [6.07, 6.45) is 7.87. The number of rotatable bonds is 6. The van der Waals surface area contributed by atoms with E-state index in [2.05, 4.69) is 22.8 Å². The number of carbonyl (C=O) groups excluding carboxylic acids is 2. The molecule has 3 aliphatic rings. The van der Waals surface area contributed by atoms with Gasteiger partial charge in [-0.2, -0.15) is 0 Å². The molecular weight excluding hydrogens is 428 g/mol. The number of carbonyl (C=O) groups is 2. The average Bonchev–Trinajstić information content (AvgIpc) is 3.39. The van der Waals surface area contributed by atoms with Crippen molar-refractivity contribution in [2.75, 3.05) is 5.32 Å². The summed E-state index contributed by atoms with van der Waals surface area (Å²) in [6.45, 7) is 0.476. The summed E-state index contributed by atoms with van der Waals surface area (Å²) in [6, 6.07) is 17.8. The Labute approximate surface area is 200 Å². The second kappa shape index (κ2) is 9.63. The Morgan fingerprint density at radius 1 is 1.03 bits per heavy atom. The normalized spacial score (nSPS) is 25.1. The number of benzene rings is 2. The van der Waals surface area contributed by atoms with Crippen molar-refractivity contribution >= 4 is 17.5 Å². The molecule has 2 amide bonds. The first kappa shape index (κ1) is 22.7. The van der Waals surface area contributed by atoms with E-state index in [4.69, 9.17) is 4.74 Å². The lowest BCUT2D eigenvalue weighted by Gasteiger charge is -2.24. The zero-order chi connectivity index (χ0) is 23.5. The van der Waals surface area contributed by atoms with Gasteiger partial charge in [0.1, 0.15) is 16.9 Å². The maximum atomic E-state index is 12.9. The summed E-state index contributed by atoms with van der Waals surface area (Å²) in [5.41, 5.74) is 1.88. The number of nitrogens with one attached hydrogen (secondary N) is 2. The molecule has 5 rings (SSSR count). The molecule has 3 N–H and O–H groups in total. The van der Waals surface area contributed by atoms with Crippen LogP contribution >= 0.6 is 0 Å². The summed E-state index contributed by atoms with van der Waals surface area (Å²) in [7, 11) is 0. The van der Waals surface area contributed by atoms with Crippen molar-refractivity contribution in [1.82, 2.24) is 5.32 Å². The van der Waals surface area contributed by atoms with Crippen LogP contribution in [0.1, 0.15) is 68.4 Å². The van der Waals surface area contributed by atoms with Gasteiger partial charge in [0.2, 0.25) is 0 Å². The molecule has 1 unspecified atom stereocenters. The standard InChI is InChI=1S/C28H32N2O4/c31-25-24(26(32)29-22-13-11-21(12-14-22)20-9-5-2-6-10-20)27(33)30-28(25)16-15-23(17-28)34-18-19-7-3-1-4-8-19/h1,3-4,7-8,11-14,20,23,31H,2,5-6,9-10,15-18H2,(H,29,32)(H,30,33)/t23-,28?/m1/s1. The molecule has 1 heterocycles. The summed E-state index contributed by atoms with van der Waals surface area (Å²) in [4.78, 5) is 25.6. The lowest BCUT2D eigenvalue weighted by Crippen LogP contribution is -2.43. The fourth-order valence-electron chi connectivity index (χ4n) is 5.62. The predicted molar refractivity (Wildman–Crippen MR) is 130 cm³/mol. The highest BCUT2D eigenvalue weighted by molar-refractivity contribution is 6.25. The van der Waals surface area contributed by atoms with Gasteiger partial charge < -0.3 is 20.5 Å². The largest absolute Gasteiger partial charge is 0.509 e. The van der Waals surface area contributed by atoms with Crippen LogP contribution in [0.15, 0.2) is 65.9 Å². The SMILES string of the molecule is O=C(Nc1ccc(C2CCCCC2)cc1)C1=C(O)C2(CC[C@@H](OCc3ccccc3)C2)NC1=O. The van der Waals surface area contributed by atoms with Gasteiger partial charge in [0.05, 0.1) is 12.7 Å². The second-order valence-electron chi connectivity index (χ2n) is 9.83. The molecule has 0 aromatic heterocycles. The Hall–Kier alpha value is -3.12. The molecule has 0 radical (unpaired) electrons. The van der Waals surface area contributed by atoms with Crippen LogP contribution < -0.4 is 10.6 Å². The van der Waals surface area contributed by atoms with Crippen LogP contribution in [0.2, 0.25) is 0 Å². The summed E-state index contributed by atoms with van der Waals surface area (Å²) in [5.74, 6) is -0.687. The molecule has 6 nitrogen and oxygen atoms in total. The molecule has 1 aliphatic heterocycles. The van der Waals surface area contributed by atoms with Crippen molar-refractivity contribution in [1.29, 1.82) is 0 Å². The second-order valence-corrected chi connectivity index (χ2v) is 9.83. The summed E-state index contributed by atoms with van der Waals surface area (Å²) in [5, 5.41) is 16.6. The van der Waals surface area contributed by atoms with Crippen molar-refractivity contribution in [2.24, 2.45) is 0 Å². The van der Waals surface area contributed by atoms with Crippen LogP contribution in [0.25, 0.3) is 0 Å². The molecule has 0 bridgehead atoms. The van der Waals surface area contributed by atoms with Gasteiger partial charge in [-0.15, -0.1) is 0 Å². The summed E-state index contributed by atoms with van der Waals surface area (Å²) >= 11 is 0. The van der Waals surface area contributed by atoms with Crippen molar-refractivity contribution in [3.63, 3.8) is 0 Å². The predicted octanol–water partition coefficient (Wildman–Crippen LogP) is 5.12. The lowest BCUT2D eigenvalue weighted by molar-refractivity contribution is -0.121. The topological polar surface area (TPSA) is 87.7 Å². The highest BCUT2D eigenvalue weighted by Crippen LogP contribution is 2.41. The average molecular weight is 461 g/mol. The molecule has 2 atom stereocenters. The van der Waals surface area contributed by atoms with Gasteiger partial charge in [-0.3, -0.25) is 9.59 Å². The van der Waals surface area contributed by atoms with E-state index >= 15 is 0 Å². The fourth-order valence-corrected chi connectivity index (χ4v) is 5.62. The maximum Gasteiger partial charge on any atom is 0.264 e. The zero-order valence-electron chi connectivity index (χ0n) is 19.4. The van der Waals surface area contributed by atoms with Crippen molar-refractivity contribution in [2.45, 2.75) is 75.5 Å². The third-order valence-corrected chi connectivity index (χ3v) is 7.54. The number of amides is 2. The van der Waals surface area contributed by atoms with E-state index in [0.717, 1.165) is 5.56 Å². The quantitative estimate of drug-likeness (QED) is 0.522. The minimum atomic E-state index is -0.921. The van der Waals surface area contributed by atoms with E-state index in [1.807, 2.05) is 42.5 Å². The minimum Gasteiger partial charge on any atom is -0.509 e. The van der Waals surface area contributed by atoms with Crippen LogP contribution in [0, 0.1) is 0 Å². The first-order valence-corrected chi connectivity index (χ1v) is 12.4. The number of hydrogen-bond acceptors (Lipinski definition) is 4. The Morgan fingerprint density at radius 3 is 2.50 bits per heavy atom. The van der Waals surface area contributed by atoms with Gasteiger partial charge in [-0.05, 0) is 54.9 Å². The third kappa shape index (κ3) is 4.60. The van der Waals surface area contributed by atoms with E-state index in [1.165, 1.54) is 37.7 Å². The first-order valence-electron chi connectivity index (χ1n) is 12.4. The molecule has 0 saturated heterocycles. The van der Waals surface area contributed by atoms with Crippen molar-refractivity contribution < 1.29 is 19.4 Å². The van der Waals surface area contributed by atoms with Crippen LogP contribution in [0.3, 0.4) is 0 Å². The highest BCUT2D eigenvalue weighted by atomic mass is 16.5. The Kier molecular flexibility index (Phi) is 6.42. The number of aliphatic hydroxyl groups is 1. The molecule has 2 saturated carbocycles. The molecule has 2 aromatic rings. The van der Waals surface area contributed by atoms with E-state index in [-0.39, 0.29) is 17.4 Å². The molecule has 6 heteroatoms. The van der Waals surface area contributed by atoms with E-state index in [1.54, 1.807) is 0 Å². The van der Waals surface area contributed by atoms with E-state index < -0.39 is 17.4 Å². The van der Waals surface area contributed by atoms with Crippen LogP contribution in [0.4, 0.5) is 5.69 Å². The zero-order valence-corrected chi connectivity index (χ0v) is 19.4. The monoisotopic (exact) mass is 460 g/mol. The molecule has 1 spiro atoms. The molecule has 2 fully saturated rings. The van der Waals surface area contributed by atoms with Crippen LogP contribution in [0.5, 0.6) is 0 Å². The highest BCUT2D eigenvalue weighted by Gasteiger charge is 2.52. The Bertz CT molecular complexity index is 1070. The maximum absolute atomic E-state index is 12.9. The number of anilines is 1. The van der Waals surface area contributed by atoms with Gasteiger partial charge in [-0.25, -0.2) is 0 Å². The van der Waals surface area contributed by atoms with Crippen molar-refractivity contribution in [3.05, 3.63) is 77.1 Å². The fraction of sp³-hybridized carbons (Fsp3) is 0.429. The van der Waals surface area contributed by atoms with Crippen LogP contribution in [-0.4, -0.2) is 28.6 Å². The smallest absolute Gasteiger partial charge is 0.264 e. The van der Waals surface area contributed by atoms with E-state index in [9.17, 15) is 14.7 Å². The lowest BCUT2D eigenvalue weighted by atomic mass is 9.84. The minimum absolute atomic E-state index is 0.0996. The molecule has 178 valence electrons. The molecule has 2 aliphatic carbocycles. The van der Waals surface area contributed by atoms with Gasteiger partial charge in [0.15, 0.2) is 0 Å². The number of ether oxygens (including phenoxy) is 1. The van der Waals surface area contributed by atoms with Gasteiger partial charge in [0.25, 0.3) is 11.8 Å². The molecule has 34 heavy (non-hydrogen) atoms. The van der Waals surface area contributed by atoms with E-state index in [0.29, 0.717) is 37.5 Å². The molecule has 2 aromatic carbocycles. The number of hydrogen-bond donors (Lipinski definition) is 3. The third-order valence-electron chi connectivity index (χ3n) is 7.54. The van der Waals surface area contributed by atoms with Crippen molar-refractivity contribution in [3.8, 4) is 0 Å². The first-order chi connectivity index (χ1) is 16.5. The van der Waals surface area contributed by atoms with Gasteiger partial charge in [-0.1, -0.05) is 61.7 Å².